The summed E-state index contributed by atoms with van der Waals surface area (Å²) in [5, 5.41) is 11.7. The SMILES string of the molecule is C[C@@H]1CN(C(=O)CCOCCNC(=O)OCC2c3ccccc3-c3ccccc32)C[C@H]1CC(=O)O. The zero-order valence-corrected chi connectivity index (χ0v) is 19.9. The summed E-state index contributed by atoms with van der Waals surface area (Å²) in [5.74, 6) is -0.674. The summed E-state index contributed by atoms with van der Waals surface area (Å²) in [7, 11) is 0. The van der Waals surface area contributed by atoms with Crippen molar-refractivity contribution in [3.8, 4) is 11.1 Å². The number of ether oxygens (including phenoxy) is 2. The van der Waals surface area contributed by atoms with Gasteiger partial charge in [0.25, 0.3) is 0 Å². The molecule has 0 bridgehead atoms. The molecule has 2 aromatic carbocycles. The van der Waals surface area contributed by atoms with Crippen LogP contribution < -0.4 is 5.32 Å². The van der Waals surface area contributed by atoms with Gasteiger partial charge in [-0.3, -0.25) is 9.59 Å². The minimum absolute atomic E-state index is 0.00114. The Morgan fingerprint density at radius 1 is 1.00 bits per heavy atom. The highest BCUT2D eigenvalue weighted by atomic mass is 16.5. The Bertz CT molecular complexity index is 1030. The first kappa shape index (κ1) is 24.7. The van der Waals surface area contributed by atoms with Crippen molar-refractivity contribution in [2.75, 3.05) is 39.5 Å². The smallest absolute Gasteiger partial charge is 0.407 e. The summed E-state index contributed by atoms with van der Waals surface area (Å²) in [6.45, 7) is 4.11. The molecular formula is C27H32N2O6. The second-order valence-electron chi connectivity index (χ2n) is 9.25. The van der Waals surface area contributed by atoms with Gasteiger partial charge in [-0.05, 0) is 34.1 Å². The van der Waals surface area contributed by atoms with Crippen molar-refractivity contribution in [3.05, 3.63) is 59.7 Å². The van der Waals surface area contributed by atoms with E-state index in [1.54, 1.807) is 4.90 Å². The summed E-state index contributed by atoms with van der Waals surface area (Å²) in [6, 6.07) is 16.4. The minimum Gasteiger partial charge on any atom is -0.481 e. The number of carboxylic acid groups (broad SMARTS) is 1. The fourth-order valence-corrected chi connectivity index (χ4v) is 5.02. The van der Waals surface area contributed by atoms with Crippen molar-refractivity contribution in [2.24, 2.45) is 11.8 Å². The number of hydrogen-bond donors (Lipinski definition) is 2. The molecule has 1 fully saturated rings. The molecule has 2 atom stereocenters. The van der Waals surface area contributed by atoms with Crippen molar-refractivity contribution in [3.63, 3.8) is 0 Å². The fourth-order valence-electron chi connectivity index (χ4n) is 5.02. The number of carbonyl (C=O) groups is 3. The van der Waals surface area contributed by atoms with Gasteiger partial charge >= 0.3 is 12.1 Å². The number of carboxylic acids is 1. The standard InChI is InChI=1S/C27H32N2O6/c1-18-15-29(16-19(18)14-26(31)32)25(30)10-12-34-13-11-28-27(33)35-17-24-22-8-4-2-6-20(22)21-7-3-5-9-23(21)24/h2-9,18-19,24H,10-17H2,1H3,(H,28,33)(H,31,32)/t18-,19-/m1/s1. The zero-order valence-electron chi connectivity index (χ0n) is 19.9. The highest BCUT2D eigenvalue weighted by Gasteiger charge is 2.33. The monoisotopic (exact) mass is 480 g/mol. The second kappa shape index (κ2) is 11.4. The molecule has 0 saturated carbocycles. The van der Waals surface area contributed by atoms with Gasteiger partial charge in [-0.15, -0.1) is 0 Å². The van der Waals surface area contributed by atoms with Crippen LogP contribution in [-0.4, -0.2) is 67.4 Å². The number of amides is 2. The maximum atomic E-state index is 12.4. The van der Waals surface area contributed by atoms with Crippen LogP contribution in [0.3, 0.4) is 0 Å². The van der Waals surface area contributed by atoms with Crippen molar-refractivity contribution >= 4 is 18.0 Å². The van der Waals surface area contributed by atoms with E-state index in [0.717, 1.165) is 11.1 Å². The molecule has 2 aromatic rings. The number of aliphatic carboxylic acids is 1. The molecule has 0 spiro atoms. The average molecular weight is 481 g/mol. The van der Waals surface area contributed by atoms with E-state index < -0.39 is 12.1 Å². The lowest BCUT2D eigenvalue weighted by Gasteiger charge is -2.16. The van der Waals surface area contributed by atoms with Gasteiger partial charge in [0.05, 0.1) is 26.1 Å². The molecule has 186 valence electrons. The van der Waals surface area contributed by atoms with E-state index in [0.29, 0.717) is 13.1 Å². The third-order valence-electron chi connectivity index (χ3n) is 6.88. The average Bonchev–Trinajstić information content (AvgIpc) is 3.37. The molecule has 1 saturated heterocycles. The first-order valence-electron chi connectivity index (χ1n) is 12.1. The van der Waals surface area contributed by atoms with Crippen LogP contribution in [0.25, 0.3) is 11.1 Å². The van der Waals surface area contributed by atoms with Crippen molar-refractivity contribution in [1.82, 2.24) is 10.2 Å². The number of nitrogens with zero attached hydrogens (tertiary/aromatic N) is 1. The summed E-state index contributed by atoms with van der Waals surface area (Å²) >= 11 is 0. The molecule has 0 radical (unpaired) electrons. The lowest BCUT2D eigenvalue weighted by atomic mass is 9.95. The highest BCUT2D eigenvalue weighted by Crippen LogP contribution is 2.44. The van der Waals surface area contributed by atoms with Gasteiger partial charge in [-0.2, -0.15) is 0 Å². The molecule has 8 nitrogen and oxygen atoms in total. The normalized spacial score (nSPS) is 18.7. The molecule has 1 aliphatic carbocycles. The third kappa shape index (κ3) is 6.00. The highest BCUT2D eigenvalue weighted by molar-refractivity contribution is 5.79. The lowest BCUT2D eigenvalue weighted by molar-refractivity contribution is -0.138. The second-order valence-corrected chi connectivity index (χ2v) is 9.25. The summed E-state index contributed by atoms with van der Waals surface area (Å²) in [5.41, 5.74) is 4.69. The van der Waals surface area contributed by atoms with E-state index in [9.17, 15) is 14.4 Å². The first-order valence-corrected chi connectivity index (χ1v) is 12.1. The molecule has 0 aromatic heterocycles. The number of likely N-dealkylation sites (tertiary alicyclic amines) is 1. The predicted octanol–water partition coefficient (Wildman–Crippen LogP) is 3.50. The quantitative estimate of drug-likeness (QED) is 0.505. The van der Waals surface area contributed by atoms with E-state index in [4.69, 9.17) is 14.6 Å². The number of alkyl carbamates (subject to hydrolysis) is 1. The van der Waals surface area contributed by atoms with Crippen LogP contribution >= 0.6 is 0 Å². The minimum atomic E-state index is -0.830. The maximum absolute atomic E-state index is 12.4. The third-order valence-corrected chi connectivity index (χ3v) is 6.88. The number of nitrogens with one attached hydrogen (secondary N) is 1. The molecule has 0 unspecified atom stereocenters. The largest absolute Gasteiger partial charge is 0.481 e. The summed E-state index contributed by atoms with van der Waals surface area (Å²) < 4.78 is 11.0. The van der Waals surface area contributed by atoms with Gasteiger partial charge in [0, 0.05) is 25.6 Å². The number of carbonyl (C=O) groups excluding carboxylic acids is 2. The van der Waals surface area contributed by atoms with Crippen molar-refractivity contribution < 1.29 is 29.0 Å². The maximum Gasteiger partial charge on any atom is 0.407 e. The zero-order chi connectivity index (χ0) is 24.8. The molecule has 1 heterocycles. The number of rotatable bonds is 10. The molecule has 2 aliphatic rings. The van der Waals surface area contributed by atoms with Crippen molar-refractivity contribution in [1.29, 1.82) is 0 Å². The molecule has 2 amide bonds. The summed E-state index contributed by atoms with van der Waals surface area (Å²) in [4.78, 5) is 37.2. The molecule has 4 rings (SSSR count). The molecule has 35 heavy (non-hydrogen) atoms. The van der Waals surface area contributed by atoms with Gasteiger partial charge in [0.15, 0.2) is 0 Å². The van der Waals surface area contributed by atoms with E-state index in [1.807, 2.05) is 31.2 Å². The van der Waals surface area contributed by atoms with Crippen molar-refractivity contribution in [2.45, 2.75) is 25.7 Å². The van der Waals surface area contributed by atoms with Crippen LogP contribution in [-0.2, 0) is 19.1 Å². The molecule has 2 N–H and O–H groups in total. The topological polar surface area (TPSA) is 105 Å². The van der Waals surface area contributed by atoms with E-state index in [2.05, 4.69) is 29.6 Å². The Labute approximate surface area is 205 Å². The van der Waals surface area contributed by atoms with Crippen LogP contribution in [0.15, 0.2) is 48.5 Å². The number of benzene rings is 2. The Balaban J connectivity index is 1.12. The van der Waals surface area contributed by atoms with Crippen LogP contribution in [0.5, 0.6) is 0 Å². The van der Waals surface area contributed by atoms with Crippen LogP contribution in [0.1, 0.15) is 36.8 Å². The van der Waals surface area contributed by atoms with Gasteiger partial charge in [-0.25, -0.2) is 4.79 Å². The number of hydrogen-bond acceptors (Lipinski definition) is 5. The van der Waals surface area contributed by atoms with Gasteiger partial charge < -0.3 is 24.8 Å². The van der Waals surface area contributed by atoms with Crippen LogP contribution in [0.4, 0.5) is 4.79 Å². The lowest BCUT2D eigenvalue weighted by Crippen LogP contribution is -2.31. The first-order chi connectivity index (χ1) is 16.9. The predicted molar refractivity (Wildman–Crippen MR) is 130 cm³/mol. The number of fused-ring (bicyclic) bond motifs is 3. The van der Waals surface area contributed by atoms with Crippen LogP contribution in [0.2, 0.25) is 0 Å². The van der Waals surface area contributed by atoms with E-state index >= 15 is 0 Å². The van der Waals surface area contributed by atoms with E-state index in [1.165, 1.54) is 11.1 Å². The fraction of sp³-hybridized carbons (Fsp3) is 0.444. The molecule has 1 aliphatic heterocycles. The Kier molecular flexibility index (Phi) is 8.02. The Hall–Kier alpha value is -3.39. The molecule has 8 heteroatoms. The van der Waals surface area contributed by atoms with Gasteiger partial charge in [0.2, 0.25) is 5.91 Å². The Morgan fingerprint density at radius 3 is 2.31 bits per heavy atom. The van der Waals surface area contributed by atoms with Gasteiger partial charge in [-0.1, -0.05) is 55.5 Å². The van der Waals surface area contributed by atoms with Crippen LogP contribution in [0, 0.1) is 11.8 Å². The Morgan fingerprint density at radius 2 is 1.66 bits per heavy atom. The van der Waals surface area contributed by atoms with Gasteiger partial charge in [0.1, 0.15) is 6.61 Å². The molecular weight excluding hydrogens is 448 g/mol. The van der Waals surface area contributed by atoms with E-state index in [-0.39, 0.29) is 62.9 Å². The summed E-state index contributed by atoms with van der Waals surface area (Å²) in [6.07, 6.45) is -0.178.